The number of fused-ring (bicyclic) bond motifs is 3. The molecular formula is C16H13N3. The van der Waals surface area contributed by atoms with Crippen LogP contribution in [0.1, 0.15) is 0 Å². The minimum Gasteiger partial charge on any atom is -0.360 e. The summed E-state index contributed by atoms with van der Waals surface area (Å²) in [4.78, 5) is 8.06. The van der Waals surface area contributed by atoms with Crippen LogP contribution in [-0.4, -0.2) is 14.5 Å². The number of nitrogens with zero attached hydrogens (tertiary/aromatic N) is 2. The van der Waals surface area contributed by atoms with E-state index in [1.165, 1.54) is 16.3 Å². The van der Waals surface area contributed by atoms with Crippen molar-refractivity contribution in [3.63, 3.8) is 0 Å². The Kier molecular flexibility index (Phi) is 2.03. The third kappa shape index (κ3) is 1.41. The van der Waals surface area contributed by atoms with Crippen molar-refractivity contribution in [1.29, 1.82) is 0 Å². The standard InChI is InChI=1S/C16H13N3/c1-19-10-8-12-15(14-7-4-9-17-14)18-13-6-3-2-5-11(13)16(12)19/h2-10,17H,1H3. The highest BCUT2D eigenvalue weighted by molar-refractivity contribution is 6.09. The Morgan fingerprint density at radius 2 is 1.89 bits per heavy atom. The largest absolute Gasteiger partial charge is 0.360 e. The maximum absolute atomic E-state index is 4.81. The quantitative estimate of drug-likeness (QED) is 0.546. The fourth-order valence-electron chi connectivity index (χ4n) is 2.69. The molecule has 3 heteroatoms. The number of nitrogens with one attached hydrogen (secondary N) is 1. The summed E-state index contributed by atoms with van der Waals surface area (Å²) in [5.74, 6) is 0. The Hall–Kier alpha value is -2.55. The molecule has 4 rings (SSSR count). The summed E-state index contributed by atoms with van der Waals surface area (Å²) in [6.45, 7) is 0. The topological polar surface area (TPSA) is 33.6 Å². The van der Waals surface area contributed by atoms with Gasteiger partial charge in [0.25, 0.3) is 0 Å². The number of aryl methyl sites for hydroxylation is 1. The van der Waals surface area contributed by atoms with E-state index < -0.39 is 0 Å². The molecule has 0 aliphatic heterocycles. The van der Waals surface area contributed by atoms with E-state index >= 15 is 0 Å². The molecule has 0 unspecified atom stereocenters. The van der Waals surface area contributed by atoms with Crippen molar-refractivity contribution in [2.75, 3.05) is 0 Å². The summed E-state index contributed by atoms with van der Waals surface area (Å²) in [5, 5.41) is 2.38. The molecule has 1 N–H and O–H groups in total. The number of rotatable bonds is 1. The average Bonchev–Trinajstić information content (AvgIpc) is 3.08. The van der Waals surface area contributed by atoms with Gasteiger partial charge in [0.2, 0.25) is 0 Å². The molecule has 3 aromatic heterocycles. The number of aromatic amines is 1. The van der Waals surface area contributed by atoms with Crippen LogP contribution < -0.4 is 0 Å². The van der Waals surface area contributed by atoms with E-state index in [0.29, 0.717) is 0 Å². The summed E-state index contributed by atoms with van der Waals surface area (Å²) in [6.07, 6.45) is 4.02. The van der Waals surface area contributed by atoms with Gasteiger partial charge in [-0.2, -0.15) is 0 Å². The Morgan fingerprint density at radius 3 is 2.74 bits per heavy atom. The maximum Gasteiger partial charge on any atom is 0.0965 e. The predicted octanol–water partition coefficient (Wildman–Crippen LogP) is 3.72. The lowest BCUT2D eigenvalue weighted by Gasteiger charge is -2.07. The predicted molar refractivity (Wildman–Crippen MR) is 78.0 cm³/mol. The van der Waals surface area contributed by atoms with Crippen molar-refractivity contribution in [2.45, 2.75) is 0 Å². The highest BCUT2D eigenvalue weighted by atomic mass is 14.9. The first-order chi connectivity index (χ1) is 9.34. The Bertz CT molecular complexity index is 870. The first kappa shape index (κ1) is 10.4. The van der Waals surface area contributed by atoms with Crippen LogP contribution in [0.15, 0.2) is 54.9 Å². The monoisotopic (exact) mass is 247 g/mol. The lowest BCUT2D eigenvalue weighted by atomic mass is 10.1. The lowest BCUT2D eigenvalue weighted by molar-refractivity contribution is 0.973. The molecule has 0 aliphatic carbocycles. The van der Waals surface area contributed by atoms with Crippen LogP contribution in [0.5, 0.6) is 0 Å². The van der Waals surface area contributed by atoms with Gasteiger partial charge in [0.15, 0.2) is 0 Å². The lowest BCUT2D eigenvalue weighted by Crippen LogP contribution is -1.91. The first-order valence-corrected chi connectivity index (χ1v) is 6.32. The van der Waals surface area contributed by atoms with Crippen LogP contribution in [0.4, 0.5) is 0 Å². The Balaban J connectivity index is 2.24. The molecule has 0 saturated heterocycles. The summed E-state index contributed by atoms with van der Waals surface area (Å²) in [5.41, 5.74) is 4.33. The molecule has 0 amide bonds. The van der Waals surface area contributed by atoms with E-state index in [2.05, 4.69) is 53.1 Å². The van der Waals surface area contributed by atoms with Crippen molar-refractivity contribution in [3.8, 4) is 11.4 Å². The normalized spacial score (nSPS) is 11.4. The van der Waals surface area contributed by atoms with E-state index in [-0.39, 0.29) is 0 Å². The molecule has 3 heterocycles. The van der Waals surface area contributed by atoms with E-state index in [1.54, 1.807) is 0 Å². The Labute approximate surface area is 110 Å². The summed E-state index contributed by atoms with van der Waals surface area (Å²) < 4.78 is 2.16. The van der Waals surface area contributed by atoms with E-state index in [9.17, 15) is 0 Å². The van der Waals surface area contributed by atoms with Gasteiger partial charge in [-0.1, -0.05) is 18.2 Å². The molecule has 19 heavy (non-hydrogen) atoms. The zero-order valence-corrected chi connectivity index (χ0v) is 10.6. The number of benzene rings is 1. The van der Waals surface area contributed by atoms with Crippen LogP contribution in [0.2, 0.25) is 0 Å². The van der Waals surface area contributed by atoms with Crippen molar-refractivity contribution < 1.29 is 0 Å². The van der Waals surface area contributed by atoms with Gasteiger partial charge in [0.1, 0.15) is 0 Å². The third-order valence-electron chi connectivity index (χ3n) is 3.57. The molecule has 0 spiro atoms. The van der Waals surface area contributed by atoms with E-state index in [1.807, 2.05) is 18.3 Å². The smallest absolute Gasteiger partial charge is 0.0965 e. The molecule has 0 saturated carbocycles. The average molecular weight is 247 g/mol. The summed E-state index contributed by atoms with van der Waals surface area (Å²) in [6, 6.07) is 14.5. The van der Waals surface area contributed by atoms with Gasteiger partial charge in [-0.15, -0.1) is 0 Å². The molecule has 3 nitrogen and oxygen atoms in total. The van der Waals surface area contributed by atoms with E-state index in [4.69, 9.17) is 4.98 Å². The highest BCUT2D eigenvalue weighted by Gasteiger charge is 2.12. The number of aromatic nitrogens is 3. The summed E-state index contributed by atoms with van der Waals surface area (Å²) >= 11 is 0. The zero-order chi connectivity index (χ0) is 12.8. The van der Waals surface area contributed by atoms with Gasteiger partial charge >= 0.3 is 0 Å². The Morgan fingerprint density at radius 1 is 1.00 bits per heavy atom. The second-order valence-electron chi connectivity index (χ2n) is 4.75. The fourth-order valence-corrected chi connectivity index (χ4v) is 2.69. The van der Waals surface area contributed by atoms with Crippen LogP contribution in [0, 0.1) is 0 Å². The van der Waals surface area contributed by atoms with Gasteiger partial charge in [-0.3, -0.25) is 0 Å². The molecular weight excluding hydrogens is 234 g/mol. The van der Waals surface area contributed by atoms with Crippen molar-refractivity contribution in [2.24, 2.45) is 7.05 Å². The van der Waals surface area contributed by atoms with Gasteiger partial charge in [-0.05, 0) is 24.3 Å². The molecule has 1 aromatic carbocycles. The highest BCUT2D eigenvalue weighted by Crippen LogP contribution is 2.31. The molecule has 0 bridgehead atoms. The molecule has 0 atom stereocenters. The van der Waals surface area contributed by atoms with E-state index in [0.717, 1.165) is 16.9 Å². The molecule has 0 fully saturated rings. The molecule has 0 aliphatic rings. The minimum atomic E-state index is 1.01. The number of H-pyrrole nitrogens is 1. The van der Waals surface area contributed by atoms with Crippen LogP contribution in [0.25, 0.3) is 33.2 Å². The molecule has 4 aromatic rings. The van der Waals surface area contributed by atoms with Crippen molar-refractivity contribution in [3.05, 3.63) is 54.9 Å². The second-order valence-corrected chi connectivity index (χ2v) is 4.75. The van der Waals surface area contributed by atoms with Gasteiger partial charge in [0, 0.05) is 30.2 Å². The minimum absolute atomic E-state index is 1.01. The number of hydrogen-bond acceptors (Lipinski definition) is 1. The van der Waals surface area contributed by atoms with Crippen LogP contribution in [-0.2, 0) is 7.05 Å². The SMILES string of the molecule is Cn1ccc2c(-c3ccc[nH]3)nc3ccccc3c21. The van der Waals surface area contributed by atoms with Gasteiger partial charge in [0.05, 0.1) is 22.4 Å². The van der Waals surface area contributed by atoms with Crippen LogP contribution >= 0.6 is 0 Å². The third-order valence-corrected chi connectivity index (χ3v) is 3.57. The van der Waals surface area contributed by atoms with Gasteiger partial charge in [-0.25, -0.2) is 4.98 Å². The summed E-state index contributed by atoms with van der Waals surface area (Å²) in [7, 11) is 2.08. The van der Waals surface area contributed by atoms with Crippen molar-refractivity contribution >= 4 is 21.8 Å². The van der Waals surface area contributed by atoms with Crippen molar-refractivity contribution in [1.82, 2.24) is 14.5 Å². The van der Waals surface area contributed by atoms with Crippen LogP contribution in [0.3, 0.4) is 0 Å². The zero-order valence-electron chi connectivity index (χ0n) is 10.6. The number of para-hydroxylation sites is 1. The number of pyridine rings is 1. The maximum atomic E-state index is 4.81. The first-order valence-electron chi connectivity index (χ1n) is 6.32. The fraction of sp³-hybridized carbons (Fsp3) is 0.0625. The number of hydrogen-bond donors (Lipinski definition) is 1. The molecule has 92 valence electrons. The van der Waals surface area contributed by atoms with Gasteiger partial charge < -0.3 is 9.55 Å². The molecule has 0 radical (unpaired) electrons. The second kappa shape index (κ2) is 3.72.